The van der Waals surface area contributed by atoms with E-state index in [4.69, 9.17) is 4.74 Å². The largest absolute Gasteiger partial charge is 0.494 e. The lowest BCUT2D eigenvalue weighted by Crippen LogP contribution is -2.54. The van der Waals surface area contributed by atoms with Crippen LogP contribution >= 0.6 is 11.8 Å². The van der Waals surface area contributed by atoms with Gasteiger partial charge in [-0.1, -0.05) is 25.1 Å². The number of rotatable bonds is 9. The second-order valence-corrected chi connectivity index (χ2v) is 13.3. The number of hydrogen-bond donors (Lipinski definition) is 3. The van der Waals surface area contributed by atoms with Crippen LogP contribution < -0.4 is 15.4 Å². The van der Waals surface area contributed by atoms with Gasteiger partial charge in [-0.15, -0.1) is 11.8 Å². The quantitative estimate of drug-likeness (QED) is 0.412. The molecule has 1 spiro atoms. The molecular weight excluding hydrogens is 526 g/mol. The topological polar surface area (TPSA) is 108 Å². The van der Waals surface area contributed by atoms with Gasteiger partial charge in [0.1, 0.15) is 11.8 Å². The Labute approximate surface area is 240 Å². The van der Waals surface area contributed by atoms with Gasteiger partial charge in [0.25, 0.3) is 0 Å². The average Bonchev–Trinajstić information content (AvgIpc) is 3.49. The zero-order valence-corrected chi connectivity index (χ0v) is 24.6. The first-order chi connectivity index (χ1) is 19.1. The number of likely N-dealkylation sites (tertiary alicyclic amines) is 1. The fourth-order valence-corrected chi connectivity index (χ4v) is 9.44. The van der Waals surface area contributed by atoms with Crippen molar-refractivity contribution in [3.8, 4) is 5.75 Å². The van der Waals surface area contributed by atoms with Crippen molar-refractivity contribution >= 4 is 40.9 Å². The lowest BCUT2D eigenvalue weighted by atomic mass is 9.66. The van der Waals surface area contributed by atoms with Gasteiger partial charge in [0.05, 0.1) is 35.8 Å². The van der Waals surface area contributed by atoms with E-state index < -0.39 is 33.4 Å². The number of ether oxygens (including phenoxy) is 1. The molecule has 0 radical (unpaired) electrons. The van der Waals surface area contributed by atoms with Crippen molar-refractivity contribution < 1.29 is 24.2 Å². The molecule has 0 aliphatic carbocycles. The number of para-hydroxylation sites is 1. The molecule has 5 rings (SSSR count). The van der Waals surface area contributed by atoms with E-state index in [1.807, 2.05) is 45.9 Å². The molecule has 8 nitrogen and oxygen atoms in total. The van der Waals surface area contributed by atoms with Crippen molar-refractivity contribution in [2.45, 2.75) is 75.5 Å². The Morgan fingerprint density at radius 2 is 1.75 bits per heavy atom. The Balaban J connectivity index is 1.50. The number of aryl methyl sites for hydroxylation is 2. The van der Waals surface area contributed by atoms with Gasteiger partial charge in [0, 0.05) is 16.1 Å². The molecule has 3 N–H and O–H groups in total. The molecule has 0 aromatic heterocycles. The first-order valence-electron chi connectivity index (χ1n) is 14.1. The molecule has 9 heteroatoms. The van der Waals surface area contributed by atoms with Crippen LogP contribution in [0, 0.1) is 25.7 Å². The first-order valence-corrected chi connectivity index (χ1v) is 15.0. The van der Waals surface area contributed by atoms with Crippen LogP contribution in [0.4, 0.5) is 11.4 Å². The molecule has 2 aromatic rings. The number of thioether (sulfide) groups is 1. The van der Waals surface area contributed by atoms with Crippen LogP contribution in [0.3, 0.4) is 0 Å². The highest BCUT2D eigenvalue weighted by atomic mass is 32.2. The van der Waals surface area contributed by atoms with E-state index in [0.29, 0.717) is 25.1 Å². The lowest BCUT2D eigenvalue weighted by Gasteiger charge is -2.37. The van der Waals surface area contributed by atoms with Crippen LogP contribution in [-0.4, -0.2) is 62.5 Å². The van der Waals surface area contributed by atoms with E-state index in [0.717, 1.165) is 29.0 Å². The molecule has 3 fully saturated rings. The third-order valence-corrected chi connectivity index (χ3v) is 11.0. The second-order valence-electron chi connectivity index (χ2n) is 11.4. The van der Waals surface area contributed by atoms with Crippen LogP contribution in [0.5, 0.6) is 5.75 Å². The van der Waals surface area contributed by atoms with E-state index in [-0.39, 0.29) is 24.3 Å². The molecule has 2 aromatic carbocycles. The Morgan fingerprint density at radius 1 is 1.07 bits per heavy atom. The number of nitrogens with zero attached hydrogens (tertiary/aromatic N) is 1. The maximum absolute atomic E-state index is 14.3. The molecule has 3 amide bonds. The van der Waals surface area contributed by atoms with Crippen LogP contribution in [0.2, 0.25) is 0 Å². The van der Waals surface area contributed by atoms with Crippen molar-refractivity contribution in [1.82, 2.24) is 4.90 Å². The Hall–Kier alpha value is -3.04. The number of hydrogen-bond acceptors (Lipinski definition) is 6. The maximum atomic E-state index is 14.3. The minimum Gasteiger partial charge on any atom is -0.494 e. The van der Waals surface area contributed by atoms with Crippen molar-refractivity contribution in [3.05, 3.63) is 53.6 Å². The number of carbonyl (C=O) groups is 3. The van der Waals surface area contributed by atoms with Gasteiger partial charge in [-0.3, -0.25) is 14.4 Å². The predicted octanol–water partition coefficient (Wildman–Crippen LogP) is 4.53. The molecule has 2 bridgehead atoms. The minimum atomic E-state index is -0.795. The van der Waals surface area contributed by atoms with Crippen LogP contribution in [0.25, 0.3) is 0 Å². The van der Waals surface area contributed by atoms with Crippen LogP contribution in [0.15, 0.2) is 42.5 Å². The monoisotopic (exact) mass is 565 g/mol. The summed E-state index contributed by atoms with van der Waals surface area (Å²) in [5.74, 6) is -1.24. The van der Waals surface area contributed by atoms with Crippen molar-refractivity contribution in [2.75, 3.05) is 23.8 Å². The molecule has 3 aliphatic heterocycles. The molecular formula is C31H39N3O5S. The Bertz CT molecular complexity index is 1290. The number of fused-ring (bicyclic) bond motifs is 1. The number of aliphatic hydroxyl groups is 1. The van der Waals surface area contributed by atoms with Gasteiger partial charge < -0.3 is 25.4 Å². The molecule has 6 atom stereocenters. The van der Waals surface area contributed by atoms with Gasteiger partial charge in [-0.05, 0) is 82.3 Å². The standard InChI is InChI=1S/C31H39N3O5S/c1-6-21(17-35)34-26(28(37)33-25-18(3)9-8-10-19(25)4)31-16-15-30(5,40-31)23(24(31)29(34)38)27(36)32-20-11-13-22(14-12-20)39-7-2/h8-14,21,23-24,26,35H,6-7,15-17H2,1-5H3,(H,32,36)(H,33,37)/t21-,23+,24-,26?,30-,31?/m0/s1. The molecule has 40 heavy (non-hydrogen) atoms. The lowest BCUT2D eigenvalue weighted by molar-refractivity contribution is -0.141. The van der Waals surface area contributed by atoms with E-state index in [1.54, 1.807) is 40.9 Å². The fraction of sp³-hybridized carbons (Fsp3) is 0.516. The summed E-state index contributed by atoms with van der Waals surface area (Å²) < 4.78 is 4.27. The number of nitrogens with one attached hydrogen (secondary N) is 2. The number of benzene rings is 2. The van der Waals surface area contributed by atoms with Crippen LogP contribution in [-0.2, 0) is 14.4 Å². The maximum Gasteiger partial charge on any atom is 0.248 e. The number of anilines is 2. The van der Waals surface area contributed by atoms with E-state index >= 15 is 0 Å². The molecule has 2 unspecified atom stereocenters. The van der Waals surface area contributed by atoms with Gasteiger partial charge in [0.2, 0.25) is 17.7 Å². The number of aliphatic hydroxyl groups excluding tert-OH is 1. The second kappa shape index (κ2) is 10.7. The summed E-state index contributed by atoms with van der Waals surface area (Å²) in [5.41, 5.74) is 3.25. The smallest absolute Gasteiger partial charge is 0.248 e. The molecule has 3 heterocycles. The van der Waals surface area contributed by atoms with E-state index in [2.05, 4.69) is 17.6 Å². The van der Waals surface area contributed by atoms with E-state index in [1.165, 1.54) is 0 Å². The van der Waals surface area contributed by atoms with Gasteiger partial charge >= 0.3 is 0 Å². The number of carbonyl (C=O) groups excluding carboxylic acids is 3. The zero-order chi connectivity index (χ0) is 28.8. The summed E-state index contributed by atoms with van der Waals surface area (Å²) in [5, 5.41) is 16.4. The number of amides is 3. The first kappa shape index (κ1) is 28.5. The van der Waals surface area contributed by atoms with Crippen molar-refractivity contribution in [3.63, 3.8) is 0 Å². The highest BCUT2D eigenvalue weighted by molar-refractivity contribution is 8.02. The SMILES string of the molecule is CCOc1ccc(NC(=O)[C@H]2[C@H]3C(=O)N([C@@H](CC)CO)C(C(=O)Nc4c(C)cccc4C)C34CC[C@]2(C)S4)cc1. The molecule has 3 saturated heterocycles. The van der Waals surface area contributed by atoms with Crippen molar-refractivity contribution in [1.29, 1.82) is 0 Å². The fourth-order valence-electron chi connectivity index (χ4n) is 7.10. The highest BCUT2D eigenvalue weighted by Gasteiger charge is 2.77. The summed E-state index contributed by atoms with van der Waals surface area (Å²) in [6, 6.07) is 11.7. The predicted molar refractivity (Wildman–Crippen MR) is 158 cm³/mol. The molecule has 214 valence electrons. The van der Waals surface area contributed by atoms with Gasteiger partial charge in [-0.25, -0.2) is 0 Å². The van der Waals surface area contributed by atoms with Crippen LogP contribution in [0.1, 0.15) is 51.2 Å². The van der Waals surface area contributed by atoms with Crippen molar-refractivity contribution in [2.24, 2.45) is 11.8 Å². The van der Waals surface area contributed by atoms with E-state index in [9.17, 15) is 19.5 Å². The summed E-state index contributed by atoms with van der Waals surface area (Å²) in [4.78, 5) is 44.0. The third-order valence-electron chi connectivity index (χ3n) is 8.98. The van der Waals surface area contributed by atoms with Gasteiger partial charge in [0.15, 0.2) is 0 Å². The normalized spacial score (nSPS) is 29.3. The third kappa shape index (κ3) is 4.47. The molecule has 0 saturated carbocycles. The minimum absolute atomic E-state index is 0.216. The zero-order valence-electron chi connectivity index (χ0n) is 23.8. The summed E-state index contributed by atoms with van der Waals surface area (Å²) >= 11 is 1.62. The summed E-state index contributed by atoms with van der Waals surface area (Å²) in [6.07, 6.45) is 1.88. The Morgan fingerprint density at radius 3 is 2.35 bits per heavy atom. The highest BCUT2D eigenvalue weighted by Crippen LogP contribution is 2.71. The summed E-state index contributed by atoms with van der Waals surface area (Å²) in [7, 11) is 0. The van der Waals surface area contributed by atoms with Gasteiger partial charge in [-0.2, -0.15) is 0 Å². The average molecular weight is 566 g/mol. The Kier molecular flexibility index (Phi) is 7.65. The molecule has 3 aliphatic rings. The summed E-state index contributed by atoms with van der Waals surface area (Å²) in [6.45, 7) is 10.1.